The highest BCUT2D eigenvalue weighted by atomic mass is 32.2. The van der Waals surface area contributed by atoms with Crippen LogP contribution < -0.4 is 16.0 Å². The fourth-order valence-corrected chi connectivity index (χ4v) is 5.20. The van der Waals surface area contributed by atoms with Crippen LogP contribution in [0.4, 0.5) is 4.79 Å². The first kappa shape index (κ1) is 19.6. The lowest BCUT2D eigenvalue weighted by molar-refractivity contribution is -0.121. The molecule has 2 aliphatic rings. The lowest BCUT2D eigenvalue weighted by atomic mass is 10.0. The zero-order chi connectivity index (χ0) is 20.1. The molecule has 3 atom stereocenters. The summed E-state index contributed by atoms with van der Waals surface area (Å²) in [5.74, 6) is 1.50. The average molecular weight is 414 g/mol. The number of benzene rings is 1. The molecular formula is C19H23N7O2S. The molecule has 152 valence electrons. The second kappa shape index (κ2) is 9.17. The first-order valence-electron chi connectivity index (χ1n) is 9.74. The van der Waals surface area contributed by atoms with E-state index >= 15 is 0 Å². The van der Waals surface area contributed by atoms with Crippen molar-refractivity contribution in [2.24, 2.45) is 0 Å². The summed E-state index contributed by atoms with van der Waals surface area (Å²) < 4.78 is 0. The molecule has 0 aliphatic carbocycles. The van der Waals surface area contributed by atoms with E-state index in [2.05, 4.69) is 36.3 Å². The van der Waals surface area contributed by atoms with Gasteiger partial charge in [-0.3, -0.25) is 4.79 Å². The summed E-state index contributed by atoms with van der Waals surface area (Å²) >= 11 is 1.91. The smallest absolute Gasteiger partial charge is 0.315 e. The number of amides is 3. The number of nitrogens with zero attached hydrogens (tertiary/aromatic N) is 4. The fraction of sp³-hybridized carbons (Fsp3) is 0.474. The van der Waals surface area contributed by atoms with Crippen molar-refractivity contribution in [2.75, 3.05) is 5.75 Å². The second-order valence-corrected chi connectivity index (χ2v) is 8.48. The highest BCUT2D eigenvalue weighted by molar-refractivity contribution is 8.00. The van der Waals surface area contributed by atoms with Crippen LogP contribution in [0.25, 0.3) is 11.4 Å². The van der Waals surface area contributed by atoms with Gasteiger partial charge in [0.05, 0.1) is 12.1 Å². The summed E-state index contributed by atoms with van der Waals surface area (Å²) in [7, 11) is 0. The molecule has 0 saturated carbocycles. The SMILES string of the molecule is O=C(CCCCC1SC[C@@H]2NC(=O)N[C@H]12)NCc1ccc(-c2nncnn2)cc1. The third-order valence-electron chi connectivity index (χ3n) is 5.19. The van der Waals surface area contributed by atoms with Crippen LogP contribution in [0.15, 0.2) is 30.6 Å². The zero-order valence-corrected chi connectivity index (χ0v) is 16.7. The minimum Gasteiger partial charge on any atom is -0.352 e. The number of hydrogen-bond acceptors (Lipinski definition) is 7. The summed E-state index contributed by atoms with van der Waals surface area (Å²) in [5, 5.41) is 24.7. The molecule has 3 amide bonds. The first-order chi connectivity index (χ1) is 14.2. The molecule has 0 radical (unpaired) electrons. The summed E-state index contributed by atoms with van der Waals surface area (Å²) in [6, 6.07) is 8.09. The van der Waals surface area contributed by atoms with Gasteiger partial charge in [-0.1, -0.05) is 30.7 Å². The lowest BCUT2D eigenvalue weighted by Crippen LogP contribution is -2.36. The fourth-order valence-electron chi connectivity index (χ4n) is 3.65. The quantitative estimate of drug-likeness (QED) is 0.440. The van der Waals surface area contributed by atoms with Gasteiger partial charge in [-0.15, -0.1) is 20.4 Å². The summed E-state index contributed by atoms with van der Waals surface area (Å²) in [6.07, 6.45) is 4.67. The molecule has 2 aromatic rings. The van der Waals surface area contributed by atoms with E-state index in [1.165, 1.54) is 6.33 Å². The number of urea groups is 1. The van der Waals surface area contributed by atoms with Gasteiger partial charge in [-0.2, -0.15) is 11.8 Å². The van der Waals surface area contributed by atoms with Gasteiger partial charge in [0.1, 0.15) is 0 Å². The van der Waals surface area contributed by atoms with Crippen molar-refractivity contribution < 1.29 is 9.59 Å². The Labute approximate surface area is 172 Å². The van der Waals surface area contributed by atoms with Crippen molar-refractivity contribution in [1.82, 2.24) is 36.3 Å². The van der Waals surface area contributed by atoms with Gasteiger partial charge in [0, 0.05) is 29.5 Å². The summed E-state index contributed by atoms with van der Waals surface area (Å²) in [5.41, 5.74) is 1.85. The summed E-state index contributed by atoms with van der Waals surface area (Å²) in [6.45, 7) is 0.491. The van der Waals surface area contributed by atoms with Crippen molar-refractivity contribution in [3.8, 4) is 11.4 Å². The van der Waals surface area contributed by atoms with E-state index in [0.29, 0.717) is 24.0 Å². The molecule has 0 spiro atoms. The van der Waals surface area contributed by atoms with Crippen LogP contribution >= 0.6 is 11.8 Å². The van der Waals surface area contributed by atoms with Crippen LogP contribution in [0.1, 0.15) is 31.2 Å². The van der Waals surface area contributed by atoms with Crippen molar-refractivity contribution >= 4 is 23.7 Å². The monoisotopic (exact) mass is 413 g/mol. The Morgan fingerprint density at radius 3 is 2.72 bits per heavy atom. The standard InChI is InChI=1S/C19H23N7O2S/c27-16(4-2-1-3-15-17-14(10-29-15)23-19(28)24-17)20-9-12-5-7-13(8-6-12)18-25-21-11-22-26-18/h5-8,11,14-15,17H,1-4,9-10H2,(H,20,27)(H2,23,24,28)/t14-,15?,17-/m0/s1. The largest absolute Gasteiger partial charge is 0.352 e. The lowest BCUT2D eigenvalue weighted by Gasteiger charge is -2.16. The van der Waals surface area contributed by atoms with Gasteiger partial charge < -0.3 is 16.0 Å². The number of fused-ring (bicyclic) bond motifs is 1. The van der Waals surface area contributed by atoms with E-state index in [1.807, 2.05) is 36.0 Å². The Hall–Kier alpha value is -2.75. The maximum atomic E-state index is 12.1. The van der Waals surface area contributed by atoms with Crippen molar-refractivity contribution in [3.05, 3.63) is 36.2 Å². The van der Waals surface area contributed by atoms with Crippen LogP contribution in [-0.2, 0) is 11.3 Å². The molecule has 1 aromatic heterocycles. The molecule has 1 unspecified atom stereocenters. The number of aromatic nitrogens is 4. The number of rotatable bonds is 8. The molecule has 2 saturated heterocycles. The zero-order valence-electron chi connectivity index (χ0n) is 15.9. The van der Waals surface area contributed by atoms with E-state index in [1.54, 1.807) is 0 Å². The maximum absolute atomic E-state index is 12.1. The van der Waals surface area contributed by atoms with Gasteiger partial charge >= 0.3 is 6.03 Å². The van der Waals surface area contributed by atoms with Gasteiger partial charge in [-0.25, -0.2) is 4.79 Å². The summed E-state index contributed by atoms with van der Waals surface area (Å²) in [4.78, 5) is 23.5. The van der Waals surface area contributed by atoms with E-state index < -0.39 is 0 Å². The predicted molar refractivity (Wildman–Crippen MR) is 109 cm³/mol. The van der Waals surface area contributed by atoms with Crippen LogP contribution in [-0.4, -0.2) is 55.4 Å². The number of hydrogen-bond donors (Lipinski definition) is 3. The molecule has 9 nitrogen and oxygen atoms in total. The number of carbonyl (C=O) groups is 2. The van der Waals surface area contributed by atoms with E-state index in [0.717, 1.165) is 36.1 Å². The van der Waals surface area contributed by atoms with Crippen LogP contribution in [0.5, 0.6) is 0 Å². The molecule has 1 aromatic carbocycles. The molecule has 4 rings (SSSR count). The number of carbonyl (C=O) groups excluding carboxylic acids is 2. The van der Waals surface area contributed by atoms with Crippen molar-refractivity contribution in [3.63, 3.8) is 0 Å². The Balaban J connectivity index is 1.14. The van der Waals surface area contributed by atoms with Crippen molar-refractivity contribution in [1.29, 1.82) is 0 Å². The Kier molecular flexibility index (Phi) is 6.18. The Morgan fingerprint density at radius 2 is 1.93 bits per heavy atom. The van der Waals surface area contributed by atoms with Crippen LogP contribution in [0, 0.1) is 0 Å². The molecule has 3 heterocycles. The molecule has 0 bridgehead atoms. The number of thioether (sulfide) groups is 1. The molecule has 2 fully saturated rings. The molecular weight excluding hydrogens is 390 g/mol. The second-order valence-electron chi connectivity index (χ2n) is 7.21. The van der Waals surface area contributed by atoms with Crippen LogP contribution in [0.3, 0.4) is 0 Å². The first-order valence-corrected chi connectivity index (χ1v) is 10.8. The molecule has 3 N–H and O–H groups in total. The van der Waals surface area contributed by atoms with E-state index in [9.17, 15) is 9.59 Å². The van der Waals surface area contributed by atoms with Gasteiger partial charge in [0.2, 0.25) is 11.7 Å². The molecule has 10 heteroatoms. The van der Waals surface area contributed by atoms with Gasteiger partial charge in [-0.05, 0) is 18.4 Å². The van der Waals surface area contributed by atoms with Crippen molar-refractivity contribution in [2.45, 2.75) is 49.6 Å². The number of unbranched alkanes of at least 4 members (excludes halogenated alkanes) is 1. The van der Waals surface area contributed by atoms with Crippen LogP contribution in [0.2, 0.25) is 0 Å². The highest BCUT2D eigenvalue weighted by Gasteiger charge is 2.42. The number of nitrogens with one attached hydrogen (secondary N) is 3. The minimum absolute atomic E-state index is 0.0534. The third-order valence-corrected chi connectivity index (χ3v) is 6.70. The normalized spacial score (nSPS) is 22.6. The third kappa shape index (κ3) is 5.00. The Morgan fingerprint density at radius 1 is 1.14 bits per heavy atom. The van der Waals surface area contributed by atoms with E-state index in [-0.39, 0.29) is 24.0 Å². The van der Waals surface area contributed by atoms with Gasteiger partial charge in [0.25, 0.3) is 0 Å². The van der Waals surface area contributed by atoms with E-state index in [4.69, 9.17) is 0 Å². The Bertz CT molecular complexity index is 849. The molecule has 29 heavy (non-hydrogen) atoms. The van der Waals surface area contributed by atoms with Gasteiger partial charge in [0.15, 0.2) is 6.33 Å². The highest BCUT2D eigenvalue weighted by Crippen LogP contribution is 2.33. The predicted octanol–water partition coefficient (Wildman–Crippen LogP) is 1.28. The maximum Gasteiger partial charge on any atom is 0.315 e. The topological polar surface area (TPSA) is 122 Å². The minimum atomic E-state index is -0.0534. The molecule has 2 aliphatic heterocycles. The average Bonchev–Trinajstić information content (AvgIpc) is 3.30.